The molecule has 0 aromatic heterocycles. The molecule has 1 atom stereocenters. The summed E-state index contributed by atoms with van der Waals surface area (Å²) < 4.78 is 26.4. The number of anilines is 1. The predicted octanol–water partition coefficient (Wildman–Crippen LogP) is 4.19. The molecule has 12 heteroatoms. The molecule has 1 unspecified atom stereocenters. The number of halogens is 1. The van der Waals surface area contributed by atoms with Crippen LogP contribution in [0.25, 0.3) is 0 Å². The molecule has 1 aliphatic carbocycles. The monoisotopic (exact) mass is 564 g/mol. The summed E-state index contributed by atoms with van der Waals surface area (Å²) in [7, 11) is -4.02. The quantitative estimate of drug-likeness (QED) is 0.340. The molecule has 1 N–H and O–H groups in total. The van der Waals surface area contributed by atoms with E-state index in [1.165, 1.54) is 17.0 Å². The number of rotatable bonds is 10. The normalized spacial score (nSPS) is 14.9. The molecule has 0 bridgehead atoms. The topological polar surface area (TPSA) is 130 Å². The summed E-state index contributed by atoms with van der Waals surface area (Å²) >= 11 is 6.14. The second-order valence-electron chi connectivity index (χ2n) is 9.67. The fourth-order valence-electron chi connectivity index (χ4n) is 4.56. The number of carbonyl (C=O) groups is 2. The molecule has 0 heterocycles. The van der Waals surface area contributed by atoms with Crippen LogP contribution >= 0.6 is 11.6 Å². The molecule has 0 spiro atoms. The Bertz CT molecular complexity index is 1300. The molecule has 2 aromatic carbocycles. The van der Waals surface area contributed by atoms with E-state index in [0.29, 0.717) is 16.1 Å². The average Bonchev–Trinajstić information content (AvgIpc) is 2.85. The van der Waals surface area contributed by atoms with Crippen LogP contribution in [0.15, 0.2) is 42.5 Å². The number of sulfonamides is 1. The van der Waals surface area contributed by atoms with E-state index in [-0.39, 0.29) is 29.9 Å². The highest BCUT2D eigenvalue weighted by molar-refractivity contribution is 7.92. The SMILES string of the molecule is Cc1ccc([N+](=O)[O-])cc1N(CC(=O)N(Cc1cccc(Cl)c1)C(C)C(=O)NC1CCCCC1)S(C)(=O)=O. The van der Waals surface area contributed by atoms with Gasteiger partial charge in [-0.1, -0.05) is 49.1 Å². The predicted molar refractivity (Wildman–Crippen MR) is 147 cm³/mol. The molecule has 3 rings (SSSR count). The summed E-state index contributed by atoms with van der Waals surface area (Å²) in [4.78, 5) is 38.9. The highest BCUT2D eigenvalue weighted by Gasteiger charge is 2.32. The number of non-ortho nitro benzene ring substituents is 1. The number of hydrogen-bond donors (Lipinski definition) is 1. The fraction of sp³-hybridized carbons (Fsp3) is 0.462. The molecular weight excluding hydrogens is 532 g/mol. The first kappa shape index (κ1) is 29.4. The Balaban J connectivity index is 1.93. The van der Waals surface area contributed by atoms with Crippen LogP contribution in [0.5, 0.6) is 0 Å². The van der Waals surface area contributed by atoms with E-state index in [1.54, 1.807) is 38.1 Å². The number of nitrogens with zero attached hydrogens (tertiary/aromatic N) is 3. The van der Waals surface area contributed by atoms with Gasteiger partial charge in [0.25, 0.3) is 5.69 Å². The lowest BCUT2D eigenvalue weighted by atomic mass is 9.95. The number of benzene rings is 2. The average molecular weight is 565 g/mol. The van der Waals surface area contributed by atoms with E-state index in [9.17, 15) is 28.1 Å². The van der Waals surface area contributed by atoms with Crippen molar-refractivity contribution in [2.75, 3.05) is 17.1 Å². The first-order valence-corrected chi connectivity index (χ1v) is 14.7. The molecule has 38 heavy (non-hydrogen) atoms. The highest BCUT2D eigenvalue weighted by Crippen LogP contribution is 2.28. The third-order valence-corrected chi connectivity index (χ3v) is 8.07. The first-order valence-electron chi connectivity index (χ1n) is 12.4. The summed E-state index contributed by atoms with van der Waals surface area (Å²) in [5, 5.41) is 14.8. The summed E-state index contributed by atoms with van der Waals surface area (Å²) in [6.45, 7) is 2.59. The Kier molecular flexibility index (Phi) is 9.72. The molecule has 0 aliphatic heterocycles. The van der Waals surface area contributed by atoms with Crippen LogP contribution in [0.2, 0.25) is 5.02 Å². The number of amides is 2. The van der Waals surface area contributed by atoms with E-state index < -0.39 is 33.4 Å². The maximum Gasteiger partial charge on any atom is 0.271 e. The number of nitrogens with one attached hydrogen (secondary N) is 1. The van der Waals surface area contributed by atoms with Crippen molar-refractivity contribution in [2.45, 2.75) is 64.6 Å². The van der Waals surface area contributed by atoms with Gasteiger partial charge in [-0.05, 0) is 49.9 Å². The minimum absolute atomic E-state index is 0.0180. The van der Waals surface area contributed by atoms with Gasteiger partial charge in [0.1, 0.15) is 12.6 Å². The van der Waals surface area contributed by atoms with Crippen LogP contribution in [0.1, 0.15) is 50.2 Å². The van der Waals surface area contributed by atoms with Crippen molar-refractivity contribution in [3.63, 3.8) is 0 Å². The van der Waals surface area contributed by atoms with Crippen molar-refractivity contribution < 1.29 is 22.9 Å². The smallest absolute Gasteiger partial charge is 0.271 e. The van der Waals surface area contributed by atoms with Crippen LogP contribution in [0, 0.1) is 17.0 Å². The van der Waals surface area contributed by atoms with E-state index >= 15 is 0 Å². The number of hydrogen-bond acceptors (Lipinski definition) is 6. The second-order valence-corrected chi connectivity index (χ2v) is 12.0. The van der Waals surface area contributed by atoms with Crippen molar-refractivity contribution >= 4 is 44.8 Å². The van der Waals surface area contributed by atoms with E-state index in [0.717, 1.165) is 48.7 Å². The molecule has 1 saturated carbocycles. The zero-order valence-corrected chi connectivity index (χ0v) is 23.3. The third-order valence-electron chi connectivity index (χ3n) is 6.71. The summed E-state index contributed by atoms with van der Waals surface area (Å²) in [5.41, 5.74) is 0.832. The first-order chi connectivity index (χ1) is 17.9. The lowest BCUT2D eigenvalue weighted by molar-refractivity contribution is -0.384. The molecule has 2 amide bonds. The van der Waals surface area contributed by atoms with Gasteiger partial charge in [-0.25, -0.2) is 8.42 Å². The van der Waals surface area contributed by atoms with E-state index in [2.05, 4.69) is 5.32 Å². The lowest BCUT2D eigenvalue weighted by Crippen LogP contribution is -2.53. The van der Waals surface area contributed by atoms with Crippen molar-refractivity contribution in [1.29, 1.82) is 0 Å². The van der Waals surface area contributed by atoms with Crippen LogP contribution in [0.4, 0.5) is 11.4 Å². The molecular formula is C26H33ClN4O6S. The summed E-state index contributed by atoms with van der Waals surface area (Å²) in [5.74, 6) is -0.961. The highest BCUT2D eigenvalue weighted by atomic mass is 35.5. The Morgan fingerprint density at radius 3 is 2.45 bits per heavy atom. The van der Waals surface area contributed by atoms with Gasteiger partial charge in [0.2, 0.25) is 21.8 Å². The molecule has 206 valence electrons. The molecule has 1 aliphatic rings. The largest absolute Gasteiger partial charge is 0.352 e. The lowest BCUT2D eigenvalue weighted by Gasteiger charge is -2.33. The molecule has 10 nitrogen and oxygen atoms in total. The van der Waals surface area contributed by atoms with Gasteiger partial charge in [-0.2, -0.15) is 0 Å². The number of aryl methyl sites for hydroxylation is 1. The Morgan fingerprint density at radius 1 is 1.16 bits per heavy atom. The fourth-order valence-corrected chi connectivity index (χ4v) is 5.67. The van der Waals surface area contributed by atoms with Crippen LogP contribution in [-0.4, -0.2) is 54.9 Å². The Morgan fingerprint density at radius 2 is 1.84 bits per heavy atom. The summed E-state index contributed by atoms with van der Waals surface area (Å²) in [6.07, 6.45) is 5.84. The zero-order chi connectivity index (χ0) is 28.0. The van der Waals surface area contributed by atoms with Gasteiger partial charge in [-0.15, -0.1) is 0 Å². The minimum Gasteiger partial charge on any atom is -0.352 e. The van der Waals surface area contributed by atoms with Crippen molar-refractivity contribution in [3.05, 3.63) is 68.7 Å². The Labute approximate surface area is 228 Å². The van der Waals surface area contributed by atoms with E-state index in [4.69, 9.17) is 11.6 Å². The second kappa shape index (κ2) is 12.6. The van der Waals surface area contributed by atoms with Gasteiger partial charge >= 0.3 is 0 Å². The van der Waals surface area contributed by atoms with Gasteiger partial charge in [0.05, 0.1) is 16.9 Å². The molecule has 0 radical (unpaired) electrons. The molecule has 0 saturated heterocycles. The van der Waals surface area contributed by atoms with Gasteiger partial charge in [0.15, 0.2) is 0 Å². The van der Waals surface area contributed by atoms with Gasteiger partial charge < -0.3 is 10.2 Å². The van der Waals surface area contributed by atoms with Gasteiger partial charge in [-0.3, -0.25) is 24.0 Å². The zero-order valence-electron chi connectivity index (χ0n) is 21.7. The van der Waals surface area contributed by atoms with Gasteiger partial charge in [0, 0.05) is 29.7 Å². The minimum atomic E-state index is -4.02. The van der Waals surface area contributed by atoms with Crippen molar-refractivity contribution in [2.24, 2.45) is 0 Å². The number of nitro benzene ring substituents is 1. The molecule has 2 aromatic rings. The van der Waals surface area contributed by atoms with Crippen LogP contribution in [0.3, 0.4) is 0 Å². The number of nitro groups is 1. The van der Waals surface area contributed by atoms with Crippen molar-refractivity contribution in [3.8, 4) is 0 Å². The van der Waals surface area contributed by atoms with Crippen molar-refractivity contribution in [1.82, 2.24) is 10.2 Å². The number of carbonyl (C=O) groups excluding carboxylic acids is 2. The van der Waals surface area contributed by atoms with Crippen LogP contribution < -0.4 is 9.62 Å². The third kappa shape index (κ3) is 7.67. The van der Waals surface area contributed by atoms with E-state index in [1.807, 2.05) is 0 Å². The standard InChI is InChI=1S/C26H33ClN4O6S/c1-18-12-13-23(31(34)35)15-24(18)30(38(3,36)37)17-25(32)29(16-20-8-7-9-21(27)14-20)19(2)26(33)28-22-10-5-4-6-11-22/h7-9,12-15,19,22H,4-6,10-11,16-17H2,1-3H3,(H,28,33). The Hall–Kier alpha value is -3.18. The maximum atomic E-state index is 13.7. The molecule has 1 fully saturated rings. The summed E-state index contributed by atoms with van der Waals surface area (Å²) in [6, 6.07) is 9.80. The van der Waals surface area contributed by atoms with Crippen LogP contribution in [-0.2, 0) is 26.2 Å². The maximum absolute atomic E-state index is 13.7.